The van der Waals surface area contributed by atoms with Crippen LogP contribution in [0.25, 0.3) is 11.0 Å². The summed E-state index contributed by atoms with van der Waals surface area (Å²) in [4.78, 5) is 9.54. The van der Waals surface area contributed by atoms with Gasteiger partial charge in [0.1, 0.15) is 17.1 Å². The minimum absolute atomic E-state index is 0.463. The zero-order chi connectivity index (χ0) is 20.3. The molecule has 0 aliphatic heterocycles. The number of hydrogen-bond donors (Lipinski definition) is 1. The highest BCUT2D eigenvalue weighted by atomic mass is 35.5. The molecule has 0 aliphatic rings. The summed E-state index contributed by atoms with van der Waals surface area (Å²) in [5.41, 5.74) is 8.94. The van der Waals surface area contributed by atoms with Crippen LogP contribution >= 0.6 is 23.2 Å². The van der Waals surface area contributed by atoms with Gasteiger partial charge in [-0.3, -0.25) is 0 Å². The first-order valence-electron chi connectivity index (χ1n) is 9.36. The van der Waals surface area contributed by atoms with Crippen molar-refractivity contribution in [2.75, 3.05) is 11.5 Å². The fourth-order valence-corrected chi connectivity index (χ4v) is 5.18. The number of aromatic nitrogens is 3. The van der Waals surface area contributed by atoms with Gasteiger partial charge < -0.3 is 14.9 Å². The van der Waals surface area contributed by atoms with Gasteiger partial charge in [0.05, 0.1) is 10.5 Å². The second-order valence-corrected chi connectivity index (χ2v) is 9.12. The molecule has 28 heavy (non-hydrogen) atoms. The molecule has 5 nitrogen and oxygen atoms in total. The molecule has 0 amide bonds. The molecular formula is C20H24Cl2N4OS. The summed E-state index contributed by atoms with van der Waals surface area (Å²) >= 11 is 10.9. The van der Waals surface area contributed by atoms with Crippen LogP contribution in [0.1, 0.15) is 37.6 Å². The third kappa shape index (κ3) is 4.57. The minimum Gasteiger partial charge on any atom is -0.611 e. The number of rotatable bonds is 8. The summed E-state index contributed by atoms with van der Waals surface area (Å²) in [6.45, 7) is 4.99. The highest BCUT2D eigenvalue weighted by Crippen LogP contribution is 2.27. The number of pyridine rings is 1. The normalized spacial score (nSPS) is 12.6. The lowest BCUT2D eigenvalue weighted by Crippen LogP contribution is -2.09. The number of aryl methyl sites for hydroxylation is 3. The standard InChI is InChI=1S/C20H24Cl2N4OS/c1-3-17-25-18-19(13(2)12-24-20(18)23)26(17)9-5-4-6-10-28(27)16-8-7-14(21)11-15(16)22/h7-8,11-12H,3-6,9-10H2,1-2H3,(H2,23,24). The molecule has 1 atom stereocenters. The van der Waals surface area contributed by atoms with E-state index in [9.17, 15) is 4.55 Å². The van der Waals surface area contributed by atoms with Crippen molar-refractivity contribution in [3.8, 4) is 0 Å². The maximum atomic E-state index is 12.5. The Balaban J connectivity index is 1.59. The topological polar surface area (TPSA) is 79.8 Å². The SMILES string of the molecule is CCc1nc2c(N)ncc(C)c2n1CCCCC[S+]([O-])c1ccc(Cl)cc1Cl. The number of anilines is 1. The summed E-state index contributed by atoms with van der Waals surface area (Å²) in [5.74, 6) is 2.08. The van der Waals surface area contributed by atoms with Gasteiger partial charge in [-0.2, -0.15) is 0 Å². The maximum Gasteiger partial charge on any atom is 0.171 e. The van der Waals surface area contributed by atoms with Crippen LogP contribution in [0.2, 0.25) is 10.0 Å². The number of fused-ring (bicyclic) bond motifs is 1. The smallest absolute Gasteiger partial charge is 0.171 e. The summed E-state index contributed by atoms with van der Waals surface area (Å²) in [7, 11) is 0. The van der Waals surface area contributed by atoms with Gasteiger partial charge >= 0.3 is 0 Å². The van der Waals surface area contributed by atoms with Crippen molar-refractivity contribution in [1.82, 2.24) is 14.5 Å². The summed E-state index contributed by atoms with van der Waals surface area (Å²) in [6, 6.07) is 5.10. The number of hydrogen-bond acceptors (Lipinski definition) is 4. The fourth-order valence-electron chi connectivity index (χ4n) is 3.33. The molecule has 2 heterocycles. The zero-order valence-corrected chi connectivity index (χ0v) is 18.4. The first-order valence-corrected chi connectivity index (χ1v) is 11.4. The van der Waals surface area contributed by atoms with Crippen LogP contribution < -0.4 is 5.73 Å². The van der Waals surface area contributed by atoms with Crippen LogP contribution in [0.4, 0.5) is 5.82 Å². The van der Waals surface area contributed by atoms with E-state index in [0.717, 1.165) is 54.6 Å². The van der Waals surface area contributed by atoms with Crippen LogP contribution in [0.5, 0.6) is 0 Å². The van der Waals surface area contributed by atoms with E-state index in [1.54, 1.807) is 24.4 Å². The highest BCUT2D eigenvalue weighted by Gasteiger charge is 2.16. The first-order chi connectivity index (χ1) is 13.4. The molecule has 150 valence electrons. The van der Waals surface area contributed by atoms with E-state index in [1.165, 1.54) is 0 Å². The first kappa shape index (κ1) is 21.2. The number of halogens is 2. The molecule has 8 heteroatoms. The zero-order valence-electron chi connectivity index (χ0n) is 16.0. The van der Waals surface area contributed by atoms with Crippen molar-refractivity contribution < 1.29 is 4.55 Å². The van der Waals surface area contributed by atoms with Crippen molar-refractivity contribution in [3.05, 3.63) is 45.8 Å². The molecule has 0 aliphatic carbocycles. The second-order valence-electron chi connectivity index (χ2n) is 6.74. The molecular weight excluding hydrogens is 415 g/mol. The Morgan fingerprint density at radius 1 is 1.21 bits per heavy atom. The number of imidazole rings is 1. The summed E-state index contributed by atoms with van der Waals surface area (Å²) in [5, 5.41) is 1.01. The van der Waals surface area contributed by atoms with Crippen LogP contribution in [-0.4, -0.2) is 24.8 Å². The van der Waals surface area contributed by atoms with Gasteiger partial charge in [-0.15, -0.1) is 0 Å². The van der Waals surface area contributed by atoms with Crippen molar-refractivity contribution in [2.45, 2.75) is 51.0 Å². The van der Waals surface area contributed by atoms with E-state index in [1.807, 2.05) is 6.92 Å². The Hall–Kier alpha value is -1.47. The molecule has 0 saturated heterocycles. The Kier molecular flexibility index (Phi) is 7.10. The van der Waals surface area contributed by atoms with Crippen LogP contribution in [-0.2, 0) is 24.1 Å². The number of nitrogens with two attached hydrogens (primary N) is 1. The van der Waals surface area contributed by atoms with Crippen LogP contribution in [0, 0.1) is 6.92 Å². The van der Waals surface area contributed by atoms with Crippen LogP contribution in [0.15, 0.2) is 29.3 Å². The maximum absolute atomic E-state index is 12.5. The number of nitrogens with zero attached hydrogens (tertiary/aromatic N) is 3. The molecule has 3 rings (SSSR count). The molecule has 0 fully saturated rings. The average molecular weight is 439 g/mol. The lowest BCUT2D eigenvalue weighted by molar-refractivity contribution is 0.574. The summed E-state index contributed by atoms with van der Waals surface area (Å²) < 4.78 is 14.7. The van der Waals surface area contributed by atoms with Crippen molar-refractivity contribution >= 4 is 51.2 Å². The van der Waals surface area contributed by atoms with E-state index >= 15 is 0 Å². The summed E-state index contributed by atoms with van der Waals surface area (Å²) in [6.07, 6.45) is 5.45. The van der Waals surface area contributed by atoms with Gasteiger partial charge in [0.25, 0.3) is 0 Å². The van der Waals surface area contributed by atoms with E-state index < -0.39 is 11.2 Å². The molecule has 1 unspecified atom stereocenters. The van der Waals surface area contributed by atoms with Gasteiger partial charge in [0.2, 0.25) is 0 Å². The third-order valence-corrected chi connectivity index (χ3v) is 6.89. The quantitative estimate of drug-likeness (QED) is 0.388. The van der Waals surface area contributed by atoms with Crippen molar-refractivity contribution in [3.63, 3.8) is 0 Å². The molecule has 0 saturated carbocycles. The average Bonchev–Trinajstić information content (AvgIpc) is 3.04. The lowest BCUT2D eigenvalue weighted by Gasteiger charge is -2.13. The molecule has 2 N–H and O–H groups in total. The fraction of sp³-hybridized carbons (Fsp3) is 0.400. The van der Waals surface area contributed by atoms with E-state index in [4.69, 9.17) is 28.9 Å². The van der Waals surface area contributed by atoms with Crippen molar-refractivity contribution in [2.24, 2.45) is 0 Å². The molecule has 2 aromatic heterocycles. The Morgan fingerprint density at radius 2 is 2.00 bits per heavy atom. The minimum atomic E-state index is -1.11. The van der Waals surface area contributed by atoms with E-state index in [2.05, 4.69) is 21.5 Å². The largest absolute Gasteiger partial charge is 0.611 e. The lowest BCUT2D eigenvalue weighted by atomic mass is 10.2. The van der Waals surface area contributed by atoms with E-state index in [0.29, 0.717) is 26.5 Å². The number of benzene rings is 1. The monoisotopic (exact) mass is 438 g/mol. The van der Waals surface area contributed by atoms with Gasteiger partial charge in [0, 0.05) is 24.2 Å². The number of nitrogen functional groups attached to an aromatic ring is 1. The molecule has 0 radical (unpaired) electrons. The predicted molar refractivity (Wildman–Crippen MR) is 118 cm³/mol. The molecule has 3 aromatic rings. The Morgan fingerprint density at radius 3 is 2.71 bits per heavy atom. The third-order valence-electron chi connectivity index (χ3n) is 4.73. The predicted octanol–water partition coefficient (Wildman–Crippen LogP) is 5.17. The Labute approximate surface area is 178 Å². The van der Waals surface area contributed by atoms with Crippen molar-refractivity contribution in [1.29, 1.82) is 0 Å². The van der Waals surface area contributed by atoms with Gasteiger partial charge in [-0.05, 0) is 61.1 Å². The van der Waals surface area contributed by atoms with E-state index in [-0.39, 0.29) is 0 Å². The van der Waals surface area contributed by atoms with Gasteiger partial charge in [-0.1, -0.05) is 30.1 Å². The molecule has 0 spiro atoms. The van der Waals surface area contributed by atoms with Gasteiger partial charge in [0.15, 0.2) is 10.7 Å². The number of unbranched alkanes of at least 4 members (excludes halogenated alkanes) is 2. The molecule has 0 bridgehead atoms. The second kappa shape index (κ2) is 9.35. The Bertz CT molecular complexity index is 976. The molecule has 1 aromatic carbocycles. The van der Waals surface area contributed by atoms with Gasteiger partial charge in [-0.25, -0.2) is 9.97 Å². The van der Waals surface area contributed by atoms with Crippen LogP contribution in [0.3, 0.4) is 0 Å². The highest BCUT2D eigenvalue weighted by molar-refractivity contribution is 7.91.